The Labute approximate surface area is 155 Å². The molecule has 0 atom stereocenters. The van der Waals surface area contributed by atoms with Crippen LogP contribution in [0.5, 0.6) is 5.75 Å². The number of amides is 1. The lowest BCUT2D eigenvalue weighted by atomic mass is 9.89. The average Bonchev–Trinajstić information content (AvgIpc) is 2.96. The number of aliphatic hydroxyl groups excluding tert-OH is 1. The van der Waals surface area contributed by atoms with Crippen LogP contribution >= 0.6 is 0 Å². The zero-order valence-electron chi connectivity index (χ0n) is 15.5. The number of hydrogen-bond acceptors (Lipinski definition) is 4. The van der Waals surface area contributed by atoms with E-state index in [1.165, 1.54) is 17.9 Å². The van der Waals surface area contributed by atoms with E-state index in [4.69, 9.17) is 4.74 Å². The number of alkyl halides is 3. The molecular formula is C19H23F3N2O3. The lowest BCUT2D eigenvalue weighted by molar-refractivity contribution is -0.138. The predicted octanol–water partition coefficient (Wildman–Crippen LogP) is 3.06. The first-order valence-electron chi connectivity index (χ1n) is 8.88. The van der Waals surface area contributed by atoms with Crippen molar-refractivity contribution >= 4 is 11.6 Å². The number of fused-ring (bicyclic) bond motifs is 1. The lowest BCUT2D eigenvalue weighted by Crippen LogP contribution is -2.45. The Kier molecular flexibility index (Phi) is 4.88. The summed E-state index contributed by atoms with van der Waals surface area (Å²) in [5.74, 6) is 0.184. The molecule has 27 heavy (non-hydrogen) atoms. The van der Waals surface area contributed by atoms with Gasteiger partial charge < -0.3 is 20.1 Å². The fraction of sp³-hybridized carbons (Fsp3) is 0.526. The number of benzene rings is 1. The molecule has 148 valence electrons. The van der Waals surface area contributed by atoms with E-state index in [-0.39, 0.29) is 30.2 Å². The molecule has 3 rings (SSSR count). The standard InChI is InChI=1S/C19H23F3N2O3/c1-11-12(19(20,21)22)6-7-13-15(11)16(24-9-4-5-14(24)26)17(23-8-10-25)18(2,3)27-13/h6-7,23,25H,4-5,8-10H2,1-3H3. The van der Waals surface area contributed by atoms with Crippen molar-refractivity contribution in [3.8, 4) is 5.75 Å². The minimum atomic E-state index is -4.51. The number of likely N-dealkylation sites (tertiary alicyclic amines) is 1. The topological polar surface area (TPSA) is 61.8 Å². The summed E-state index contributed by atoms with van der Waals surface area (Å²) < 4.78 is 46.4. The first-order chi connectivity index (χ1) is 12.6. The fourth-order valence-corrected chi connectivity index (χ4v) is 3.74. The quantitative estimate of drug-likeness (QED) is 0.838. The van der Waals surface area contributed by atoms with Gasteiger partial charge in [0.2, 0.25) is 5.91 Å². The monoisotopic (exact) mass is 384 g/mol. The molecule has 1 saturated heterocycles. The number of rotatable bonds is 4. The van der Waals surface area contributed by atoms with Gasteiger partial charge in [0.25, 0.3) is 0 Å². The molecule has 1 aromatic carbocycles. The molecule has 0 unspecified atom stereocenters. The van der Waals surface area contributed by atoms with Crippen molar-refractivity contribution in [1.29, 1.82) is 0 Å². The molecular weight excluding hydrogens is 361 g/mol. The first-order valence-corrected chi connectivity index (χ1v) is 8.88. The van der Waals surface area contributed by atoms with Gasteiger partial charge in [0.15, 0.2) is 0 Å². The van der Waals surface area contributed by atoms with Gasteiger partial charge in [0, 0.05) is 25.1 Å². The molecule has 0 aromatic heterocycles. The fourth-order valence-electron chi connectivity index (χ4n) is 3.74. The van der Waals surface area contributed by atoms with Crippen LogP contribution < -0.4 is 10.1 Å². The zero-order valence-corrected chi connectivity index (χ0v) is 15.5. The SMILES string of the molecule is Cc1c(C(F)(F)F)ccc2c1C(N1CCCC1=O)=C(NCCO)C(C)(C)O2. The summed E-state index contributed by atoms with van der Waals surface area (Å²) >= 11 is 0. The van der Waals surface area contributed by atoms with Crippen LogP contribution in [-0.4, -0.2) is 41.2 Å². The Bertz CT molecular complexity index is 800. The summed E-state index contributed by atoms with van der Waals surface area (Å²) in [4.78, 5) is 14.0. The van der Waals surface area contributed by atoms with Crippen molar-refractivity contribution in [2.24, 2.45) is 0 Å². The third kappa shape index (κ3) is 3.38. The number of carbonyl (C=O) groups excluding carboxylic acids is 1. The molecule has 8 heteroatoms. The highest BCUT2D eigenvalue weighted by atomic mass is 19.4. The van der Waals surface area contributed by atoms with E-state index in [1.807, 2.05) is 0 Å². The Morgan fingerprint density at radius 1 is 1.33 bits per heavy atom. The highest BCUT2D eigenvalue weighted by molar-refractivity contribution is 5.92. The molecule has 0 spiro atoms. The predicted molar refractivity (Wildman–Crippen MR) is 93.8 cm³/mol. The molecule has 0 aliphatic carbocycles. The van der Waals surface area contributed by atoms with Crippen molar-refractivity contribution in [3.63, 3.8) is 0 Å². The van der Waals surface area contributed by atoms with E-state index < -0.39 is 17.3 Å². The number of aliphatic hydroxyl groups is 1. The van der Waals surface area contributed by atoms with E-state index in [1.54, 1.807) is 13.8 Å². The second-order valence-electron chi connectivity index (χ2n) is 7.24. The molecule has 0 saturated carbocycles. The number of hydrogen-bond donors (Lipinski definition) is 2. The molecule has 2 N–H and O–H groups in total. The molecule has 0 bridgehead atoms. The third-order valence-corrected chi connectivity index (χ3v) is 4.93. The van der Waals surface area contributed by atoms with E-state index in [2.05, 4.69) is 5.32 Å². The second-order valence-corrected chi connectivity index (χ2v) is 7.24. The number of nitrogens with one attached hydrogen (secondary N) is 1. The van der Waals surface area contributed by atoms with E-state index in [0.717, 1.165) is 6.07 Å². The van der Waals surface area contributed by atoms with Crippen molar-refractivity contribution in [2.45, 2.75) is 45.4 Å². The summed E-state index contributed by atoms with van der Waals surface area (Å²) in [6.45, 7) is 5.43. The average molecular weight is 384 g/mol. The van der Waals surface area contributed by atoms with Crippen LogP contribution in [0.25, 0.3) is 5.70 Å². The van der Waals surface area contributed by atoms with Crippen LogP contribution in [0.15, 0.2) is 17.8 Å². The van der Waals surface area contributed by atoms with Crippen LogP contribution in [-0.2, 0) is 11.0 Å². The maximum absolute atomic E-state index is 13.5. The molecule has 1 aromatic rings. The Hall–Kier alpha value is -2.22. The largest absolute Gasteiger partial charge is 0.481 e. The molecule has 2 aliphatic heterocycles. The smallest absolute Gasteiger partial charge is 0.416 e. The van der Waals surface area contributed by atoms with Crippen molar-refractivity contribution in [3.05, 3.63) is 34.5 Å². The van der Waals surface area contributed by atoms with Crippen LogP contribution in [0.2, 0.25) is 0 Å². The van der Waals surface area contributed by atoms with Crippen LogP contribution in [0.1, 0.15) is 43.4 Å². The number of ether oxygens (including phenoxy) is 1. The van der Waals surface area contributed by atoms with Gasteiger partial charge in [-0.3, -0.25) is 4.79 Å². The van der Waals surface area contributed by atoms with Gasteiger partial charge in [-0.25, -0.2) is 0 Å². The van der Waals surface area contributed by atoms with Gasteiger partial charge in [0.1, 0.15) is 11.4 Å². The van der Waals surface area contributed by atoms with Gasteiger partial charge in [0.05, 0.1) is 23.6 Å². The molecule has 2 aliphatic rings. The van der Waals surface area contributed by atoms with Crippen molar-refractivity contribution < 1.29 is 27.8 Å². The second kappa shape index (κ2) is 6.74. The maximum Gasteiger partial charge on any atom is 0.416 e. The summed E-state index contributed by atoms with van der Waals surface area (Å²) in [6, 6.07) is 2.33. The van der Waals surface area contributed by atoms with Crippen molar-refractivity contribution in [2.75, 3.05) is 19.7 Å². The normalized spacial score (nSPS) is 19.2. The number of carbonyl (C=O) groups is 1. The Balaban J connectivity index is 2.30. The summed E-state index contributed by atoms with van der Waals surface area (Å²) in [5, 5.41) is 12.3. The molecule has 0 radical (unpaired) electrons. The van der Waals surface area contributed by atoms with E-state index in [9.17, 15) is 23.1 Å². The number of halogens is 3. The van der Waals surface area contributed by atoms with Crippen LogP contribution in [0.3, 0.4) is 0 Å². The molecule has 2 heterocycles. The number of nitrogens with zero attached hydrogens (tertiary/aromatic N) is 1. The summed E-state index contributed by atoms with van der Waals surface area (Å²) in [7, 11) is 0. The van der Waals surface area contributed by atoms with Crippen LogP contribution in [0.4, 0.5) is 13.2 Å². The maximum atomic E-state index is 13.5. The lowest BCUT2D eigenvalue weighted by Gasteiger charge is -2.40. The Morgan fingerprint density at radius 3 is 2.59 bits per heavy atom. The van der Waals surface area contributed by atoms with Gasteiger partial charge in [-0.15, -0.1) is 0 Å². The Morgan fingerprint density at radius 2 is 2.04 bits per heavy atom. The minimum absolute atomic E-state index is 0.0218. The van der Waals surface area contributed by atoms with Gasteiger partial charge in [-0.05, 0) is 44.9 Å². The summed E-state index contributed by atoms with van der Waals surface area (Å²) in [5.41, 5.74) is -0.432. The van der Waals surface area contributed by atoms with E-state index in [0.29, 0.717) is 36.5 Å². The van der Waals surface area contributed by atoms with Gasteiger partial charge >= 0.3 is 6.18 Å². The molecule has 5 nitrogen and oxygen atoms in total. The molecule has 1 amide bonds. The minimum Gasteiger partial charge on any atom is -0.481 e. The van der Waals surface area contributed by atoms with Gasteiger partial charge in [-0.1, -0.05) is 0 Å². The third-order valence-electron chi connectivity index (χ3n) is 4.93. The van der Waals surface area contributed by atoms with Crippen molar-refractivity contribution in [1.82, 2.24) is 10.2 Å². The summed E-state index contributed by atoms with van der Waals surface area (Å²) in [6.07, 6.45) is -3.51. The highest BCUT2D eigenvalue weighted by Crippen LogP contribution is 2.47. The first kappa shape index (κ1) is 19.5. The van der Waals surface area contributed by atoms with Crippen LogP contribution in [0, 0.1) is 6.92 Å². The zero-order chi connectivity index (χ0) is 20.0. The molecule has 1 fully saturated rings. The highest BCUT2D eigenvalue weighted by Gasteiger charge is 2.43. The van der Waals surface area contributed by atoms with Gasteiger partial charge in [-0.2, -0.15) is 13.2 Å². The van der Waals surface area contributed by atoms with E-state index >= 15 is 0 Å².